The van der Waals surface area contributed by atoms with Crippen LogP contribution in [-0.4, -0.2) is 80.7 Å². The molecule has 0 unspecified atom stereocenters. The summed E-state index contributed by atoms with van der Waals surface area (Å²) in [4.78, 5) is 45.3. The van der Waals surface area contributed by atoms with Crippen LogP contribution in [0.5, 0.6) is 0 Å². The normalized spacial score (nSPS) is 10.3. The Morgan fingerprint density at radius 3 is 0.733 bits per heavy atom. The van der Waals surface area contributed by atoms with Gasteiger partial charge in [-0.25, -0.2) is 0 Å². The van der Waals surface area contributed by atoms with Crippen LogP contribution in [-0.2, 0) is 23.6 Å². The molecule has 0 amide bonds. The van der Waals surface area contributed by atoms with Crippen molar-refractivity contribution in [3.8, 4) is 0 Å². The van der Waals surface area contributed by atoms with Crippen LogP contribution >= 0.6 is 13.4 Å². The first-order valence-electron chi connectivity index (χ1n) is 3.30. The van der Waals surface area contributed by atoms with Crippen LogP contribution in [0.1, 0.15) is 20.8 Å². The van der Waals surface area contributed by atoms with E-state index in [1.807, 2.05) is 0 Å². The molecule has 92 valence electrons. The third kappa shape index (κ3) is 496. The molecule has 0 aliphatic rings. The summed E-state index contributed by atoms with van der Waals surface area (Å²) in [5, 5.41) is 0. The maximum atomic E-state index is 7.56. The van der Waals surface area contributed by atoms with E-state index in [4.69, 9.17) is 29.4 Å². The van der Waals surface area contributed by atoms with Gasteiger partial charge in [-0.1, -0.05) is 20.8 Å². The van der Waals surface area contributed by atoms with Crippen LogP contribution < -0.4 is 0 Å². The van der Waals surface area contributed by atoms with E-state index >= 15 is 0 Å². The molecule has 0 atom stereocenters. The van der Waals surface area contributed by atoms with Gasteiger partial charge >= 0.3 is 64.8 Å². The molecular formula is C4H17KO6P2S2. The Bertz CT molecular complexity index is 174. The second kappa shape index (κ2) is 13.1. The fraction of sp³-hybridized carbons (Fsp3) is 1.00. The van der Waals surface area contributed by atoms with Crippen LogP contribution in [0.2, 0.25) is 0 Å². The summed E-state index contributed by atoms with van der Waals surface area (Å²) >= 11 is 7.21. The van der Waals surface area contributed by atoms with Crippen LogP contribution in [0.4, 0.5) is 0 Å². The molecule has 0 spiro atoms. The van der Waals surface area contributed by atoms with Crippen molar-refractivity contribution in [1.29, 1.82) is 0 Å². The Labute approximate surface area is 142 Å². The van der Waals surface area contributed by atoms with Crippen molar-refractivity contribution < 1.29 is 29.4 Å². The minimum absolute atomic E-state index is 0. The molecule has 0 aliphatic heterocycles. The third-order valence-corrected chi connectivity index (χ3v) is 0. The van der Waals surface area contributed by atoms with E-state index in [-0.39, 0.29) is 51.4 Å². The van der Waals surface area contributed by atoms with Crippen molar-refractivity contribution in [2.45, 2.75) is 20.8 Å². The zero-order chi connectivity index (χ0) is 12.6. The first-order valence-corrected chi connectivity index (χ1v) is 8.62. The number of hydrogen-bond acceptors (Lipinski definition) is 2. The maximum absolute atomic E-state index is 7.56. The molecule has 0 fully saturated rings. The van der Waals surface area contributed by atoms with Crippen LogP contribution in [0.3, 0.4) is 0 Å². The van der Waals surface area contributed by atoms with Crippen molar-refractivity contribution in [3.05, 3.63) is 0 Å². The summed E-state index contributed by atoms with van der Waals surface area (Å²) in [5.74, 6) is 0.833. The SMILES string of the molecule is CC(C)C.OP(O)(O)=S.OP(O)(O)=S.[KH]. The van der Waals surface area contributed by atoms with Gasteiger partial charge in [0.2, 0.25) is 0 Å². The first-order chi connectivity index (χ1) is 5.73. The monoisotopic (exact) mass is 326 g/mol. The second-order valence-electron chi connectivity index (χ2n) is 2.76. The molecule has 0 heterocycles. The van der Waals surface area contributed by atoms with E-state index in [9.17, 15) is 0 Å². The van der Waals surface area contributed by atoms with Gasteiger partial charge in [0.05, 0.1) is 0 Å². The molecule has 0 aromatic rings. The molecule has 0 radical (unpaired) electrons. The second-order valence-corrected chi connectivity index (χ2v) is 7.75. The van der Waals surface area contributed by atoms with Crippen molar-refractivity contribution in [2.75, 3.05) is 0 Å². The standard InChI is InChI=1S/C4H10.K.2H3O3PS.H/c1-4(2)3;;2*1-4(2,3)5;/h4H,1-3H3;;2*(H3,1,2,3,5);. The van der Waals surface area contributed by atoms with Crippen LogP contribution in [0.15, 0.2) is 0 Å². The summed E-state index contributed by atoms with van der Waals surface area (Å²) < 4.78 is 0. The van der Waals surface area contributed by atoms with Crippen molar-refractivity contribution in [1.82, 2.24) is 0 Å². The molecule has 15 heavy (non-hydrogen) atoms. The Balaban J connectivity index is -0.0000000590. The first kappa shape index (κ1) is 26.3. The molecule has 0 aliphatic carbocycles. The molecule has 0 bridgehead atoms. The molecule has 0 aromatic carbocycles. The average Bonchev–Trinajstić information content (AvgIpc) is 1.45. The van der Waals surface area contributed by atoms with E-state index in [1.54, 1.807) is 0 Å². The van der Waals surface area contributed by atoms with Gasteiger partial charge in [0, 0.05) is 0 Å². The summed E-state index contributed by atoms with van der Waals surface area (Å²) in [5.41, 5.74) is 0. The Morgan fingerprint density at radius 2 is 0.733 bits per heavy atom. The molecule has 6 nitrogen and oxygen atoms in total. The van der Waals surface area contributed by atoms with Gasteiger partial charge in [-0.3, -0.25) is 0 Å². The molecule has 0 saturated heterocycles. The fourth-order valence-corrected chi connectivity index (χ4v) is 0. The zero-order valence-corrected chi connectivity index (χ0v) is 11.4. The third-order valence-electron chi connectivity index (χ3n) is 0. The quantitative estimate of drug-likeness (QED) is 0.258. The van der Waals surface area contributed by atoms with Gasteiger partial charge < -0.3 is 29.4 Å². The summed E-state index contributed by atoms with van der Waals surface area (Å²) in [7, 11) is 0. The minimum atomic E-state index is -3.81. The van der Waals surface area contributed by atoms with Crippen molar-refractivity contribution >= 4 is 88.4 Å². The zero-order valence-electron chi connectivity index (χ0n) is 7.97. The van der Waals surface area contributed by atoms with Gasteiger partial charge in [-0.05, 0) is 29.5 Å². The molecular weight excluding hydrogens is 309 g/mol. The molecule has 0 rings (SSSR count). The Morgan fingerprint density at radius 1 is 0.733 bits per heavy atom. The number of rotatable bonds is 0. The molecule has 0 aromatic heterocycles. The van der Waals surface area contributed by atoms with Crippen molar-refractivity contribution in [2.24, 2.45) is 5.92 Å². The average molecular weight is 326 g/mol. The van der Waals surface area contributed by atoms with E-state index in [2.05, 4.69) is 44.4 Å². The number of hydrogen-bond donors (Lipinski definition) is 6. The van der Waals surface area contributed by atoms with E-state index in [0.29, 0.717) is 0 Å². The predicted octanol–water partition coefficient (Wildman–Crippen LogP) is -0.611. The fourth-order valence-electron chi connectivity index (χ4n) is 0. The topological polar surface area (TPSA) is 121 Å². The summed E-state index contributed by atoms with van der Waals surface area (Å²) in [6.45, 7) is -1.11. The van der Waals surface area contributed by atoms with Gasteiger partial charge in [-0.15, -0.1) is 0 Å². The Hall–Kier alpha value is 2.70. The summed E-state index contributed by atoms with van der Waals surface area (Å²) in [6, 6.07) is 0. The van der Waals surface area contributed by atoms with E-state index < -0.39 is 13.4 Å². The van der Waals surface area contributed by atoms with Crippen LogP contribution in [0, 0.1) is 5.92 Å². The van der Waals surface area contributed by atoms with Gasteiger partial charge in [0.1, 0.15) is 0 Å². The predicted molar refractivity (Wildman–Crippen MR) is 69.5 cm³/mol. The van der Waals surface area contributed by atoms with E-state index in [0.717, 1.165) is 5.92 Å². The van der Waals surface area contributed by atoms with E-state index in [1.165, 1.54) is 0 Å². The van der Waals surface area contributed by atoms with Crippen molar-refractivity contribution in [3.63, 3.8) is 0 Å². The van der Waals surface area contributed by atoms with Gasteiger partial charge in [0.15, 0.2) is 0 Å². The molecule has 0 saturated carbocycles. The van der Waals surface area contributed by atoms with Gasteiger partial charge in [-0.2, -0.15) is 0 Å². The summed E-state index contributed by atoms with van der Waals surface area (Å²) in [6.07, 6.45) is 0. The molecule has 11 heteroatoms. The molecule has 6 N–H and O–H groups in total. The Kier molecular flexibility index (Phi) is 23.0. The van der Waals surface area contributed by atoms with Crippen LogP contribution in [0.25, 0.3) is 0 Å². The van der Waals surface area contributed by atoms with Gasteiger partial charge in [0.25, 0.3) is 0 Å².